The van der Waals surface area contributed by atoms with Crippen molar-refractivity contribution in [3.05, 3.63) is 19.3 Å². The van der Waals surface area contributed by atoms with Gasteiger partial charge < -0.3 is 9.31 Å². The zero-order chi connectivity index (χ0) is 12.7. The second kappa shape index (κ2) is 4.14. The molecule has 0 amide bonds. The van der Waals surface area contributed by atoms with Crippen molar-refractivity contribution in [3.63, 3.8) is 0 Å². The molecule has 93 valence electrons. The first-order valence-corrected chi connectivity index (χ1v) is 6.03. The Morgan fingerprint density at radius 2 is 1.88 bits per heavy atom. The molecule has 2 rings (SSSR count). The molecule has 5 heteroatoms. The molecule has 0 spiro atoms. The maximum atomic E-state index is 5.95. The van der Waals surface area contributed by atoms with Crippen LogP contribution < -0.4 is 5.46 Å². The monoisotopic (exact) mass is 235 g/mol. The molecule has 1 aliphatic heterocycles. The van der Waals surface area contributed by atoms with Crippen LogP contribution in [0.25, 0.3) is 0 Å². The SMILES string of the molecule is [CH2]CCn1cc(B2OC(C)(C)C(C)(C)O2)cn1. The summed E-state index contributed by atoms with van der Waals surface area (Å²) < 4.78 is 13.8. The quantitative estimate of drug-likeness (QED) is 0.743. The molecule has 0 saturated carbocycles. The highest BCUT2D eigenvalue weighted by Crippen LogP contribution is 2.36. The molecule has 0 unspecified atom stereocenters. The topological polar surface area (TPSA) is 36.3 Å². The van der Waals surface area contributed by atoms with Crippen LogP contribution in [0.2, 0.25) is 0 Å². The summed E-state index contributed by atoms with van der Waals surface area (Å²) in [6.07, 6.45) is 4.59. The van der Waals surface area contributed by atoms with E-state index in [-0.39, 0.29) is 18.3 Å². The van der Waals surface area contributed by atoms with Crippen LogP contribution in [0.4, 0.5) is 0 Å². The molecule has 0 aromatic carbocycles. The van der Waals surface area contributed by atoms with Gasteiger partial charge in [0.1, 0.15) is 0 Å². The maximum absolute atomic E-state index is 5.95. The molecular formula is C12H20BN2O2. The third-order valence-electron chi connectivity index (χ3n) is 3.57. The number of nitrogens with zero attached hydrogens (tertiary/aromatic N) is 2. The van der Waals surface area contributed by atoms with Gasteiger partial charge in [-0.2, -0.15) is 5.10 Å². The first kappa shape index (κ1) is 12.6. The van der Waals surface area contributed by atoms with Crippen LogP contribution in [0.15, 0.2) is 12.4 Å². The number of aromatic nitrogens is 2. The lowest BCUT2D eigenvalue weighted by atomic mass is 9.82. The average Bonchev–Trinajstić information content (AvgIpc) is 2.71. The van der Waals surface area contributed by atoms with Gasteiger partial charge >= 0.3 is 7.12 Å². The highest BCUT2D eigenvalue weighted by atomic mass is 16.7. The second-order valence-corrected chi connectivity index (χ2v) is 5.48. The Morgan fingerprint density at radius 1 is 1.29 bits per heavy atom. The summed E-state index contributed by atoms with van der Waals surface area (Å²) in [4.78, 5) is 0. The molecular weight excluding hydrogens is 215 g/mol. The van der Waals surface area contributed by atoms with Gasteiger partial charge in [0.2, 0.25) is 0 Å². The summed E-state index contributed by atoms with van der Waals surface area (Å²) in [5.74, 6) is 0. The minimum absolute atomic E-state index is 0.300. The summed E-state index contributed by atoms with van der Waals surface area (Å²) in [5.41, 5.74) is 0.370. The fourth-order valence-electron chi connectivity index (χ4n) is 1.76. The van der Waals surface area contributed by atoms with Gasteiger partial charge in [0.05, 0.1) is 11.2 Å². The predicted molar refractivity (Wildman–Crippen MR) is 67.9 cm³/mol. The standard InChI is InChI=1S/C12H20BN2O2/c1-6-7-15-9-10(8-14-15)13-16-11(2,3)12(4,5)17-13/h8-9H,1,6-7H2,2-5H3. The van der Waals surface area contributed by atoms with Gasteiger partial charge in [-0.25, -0.2) is 0 Å². The van der Waals surface area contributed by atoms with Crippen molar-refractivity contribution >= 4 is 12.6 Å². The molecule has 1 saturated heterocycles. The van der Waals surface area contributed by atoms with Crippen LogP contribution >= 0.6 is 0 Å². The van der Waals surface area contributed by atoms with Gasteiger partial charge in [0.15, 0.2) is 0 Å². The third kappa shape index (κ3) is 2.26. The molecule has 1 aromatic heterocycles. The van der Waals surface area contributed by atoms with E-state index in [2.05, 4.69) is 12.0 Å². The molecule has 2 heterocycles. The second-order valence-electron chi connectivity index (χ2n) is 5.48. The highest BCUT2D eigenvalue weighted by Gasteiger charge is 2.52. The molecule has 0 aliphatic carbocycles. The first-order chi connectivity index (χ1) is 7.86. The van der Waals surface area contributed by atoms with E-state index in [1.54, 1.807) is 6.20 Å². The van der Waals surface area contributed by atoms with Crippen LogP contribution in [-0.4, -0.2) is 28.1 Å². The number of aryl methyl sites for hydroxylation is 1. The van der Waals surface area contributed by atoms with Crippen molar-refractivity contribution in [1.29, 1.82) is 0 Å². The molecule has 1 fully saturated rings. The van der Waals surface area contributed by atoms with E-state index in [0.717, 1.165) is 18.4 Å². The largest absolute Gasteiger partial charge is 0.498 e. The van der Waals surface area contributed by atoms with E-state index in [9.17, 15) is 0 Å². The minimum atomic E-state index is -0.321. The Hall–Kier alpha value is -0.805. The molecule has 4 nitrogen and oxygen atoms in total. The van der Waals surface area contributed by atoms with E-state index in [1.807, 2.05) is 38.6 Å². The molecule has 1 aromatic rings. The molecule has 17 heavy (non-hydrogen) atoms. The van der Waals surface area contributed by atoms with E-state index in [4.69, 9.17) is 9.31 Å². The summed E-state index contributed by atoms with van der Waals surface area (Å²) in [6, 6.07) is 0. The summed E-state index contributed by atoms with van der Waals surface area (Å²) in [7, 11) is -0.321. The summed E-state index contributed by atoms with van der Waals surface area (Å²) >= 11 is 0. The van der Waals surface area contributed by atoms with E-state index >= 15 is 0 Å². The molecule has 0 atom stereocenters. The number of hydrogen-bond acceptors (Lipinski definition) is 3. The summed E-state index contributed by atoms with van der Waals surface area (Å²) in [6.45, 7) is 12.8. The van der Waals surface area contributed by atoms with Gasteiger partial charge in [0, 0.05) is 24.4 Å². The lowest BCUT2D eigenvalue weighted by molar-refractivity contribution is 0.00578. The Balaban J connectivity index is 2.14. The lowest BCUT2D eigenvalue weighted by Crippen LogP contribution is -2.41. The van der Waals surface area contributed by atoms with Gasteiger partial charge in [0.25, 0.3) is 0 Å². The van der Waals surface area contributed by atoms with E-state index < -0.39 is 0 Å². The van der Waals surface area contributed by atoms with Gasteiger partial charge in [-0.3, -0.25) is 4.68 Å². The van der Waals surface area contributed by atoms with Crippen LogP contribution in [0.3, 0.4) is 0 Å². The third-order valence-corrected chi connectivity index (χ3v) is 3.57. The van der Waals surface area contributed by atoms with E-state index in [1.165, 1.54) is 0 Å². The average molecular weight is 235 g/mol. The number of rotatable bonds is 3. The summed E-state index contributed by atoms with van der Waals surface area (Å²) in [5, 5.41) is 4.26. The van der Waals surface area contributed by atoms with Gasteiger partial charge in [-0.05, 0) is 34.1 Å². The van der Waals surface area contributed by atoms with Crippen LogP contribution in [-0.2, 0) is 15.9 Å². The first-order valence-electron chi connectivity index (χ1n) is 6.03. The Morgan fingerprint density at radius 3 is 2.41 bits per heavy atom. The van der Waals surface area contributed by atoms with Crippen LogP contribution in [0.5, 0.6) is 0 Å². The smallest absolute Gasteiger partial charge is 0.399 e. The Bertz CT molecular complexity index is 385. The molecule has 1 aliphatic rings. The van der Waals surface area contributed by atoms with E-state index in [0.29, 0.717) is 0 Å². The highest BCUT2D eigenvalue weighted by molar-refractivity contribution is 6.61. The Labute approximate surface area is 103 Å². The molecule has 0 bridgehead atoms. The number of hydrogen-bond donors (Lipinski definition) is 0. The Kier molecular flexibility index (Phi) is 3.08. The van der Waals surface area contributed by atoms with Crippen molar-refractivity contribution in [2.45, 2.75) is 51.9 Å². The molecule has 1 radical (unpaired) electrons. The maximum Gasteiger partial charge on any atom is 0.498 e. The van der Waals surface area contributed by atoms with Gasteiger partial charge in [-0.15, -0.1) is 0 Å². The zero-order valence-electron chi connectivity index (χ0n) is 11.1. The predicted octanol–water partition coefficient (Wildman–Crippen LogP) is 1.41. The van der Waals surface area contributed by atoms with Crippen molar-refractivity contribution in [2.75, 3.05) is 0 Å². The van der Waals surface area contributed by atoms with Crippen LogP contribution in [0.1, 0.15) is 34.1 Å². The minimum Gasteiger partial charge on any atom is -0.399 e. The fraction of sp³-hybridized carbons (Fsp3) is 0.667. The fourth-order valence-corrected chi connectivity index (χ4v) is 1.76. The van der Waals surface area contributed by atoms with Gasteiger partial charge in [-0.1, -0.05) is 6.92 Å². The lowest BCUT2D eigenvalue weighted by Gasteiger charge is -2.32. The van der Waals surface area contributed by atoms with Crippen LogP contribution in [0, 0.1) is 6.92 Å². The molecule has 0 N–H and O–H groups in total. The van der Waals surface area contributed by atoms with Crippen molar-refractivity contribution < 1.29 is 9.31 Å². The van der Waals surface area contributed by atoms with Crippen molar-refractivity contribution in [2.24, 2.45) is 0 Å². The van der Waals surface area contributed by atoms with Crippen molar-refractivity contribution in [1.82, 2.24) is 9.78 Å². The zero-order valence-corrected chi connectivity index (χ0v) is 11.1. The normalized spacial score (nSPS) is 22.1. The van der Waals surface area contributed by atoms with Crippen molar-refractivity contribution in [3.8, 4) is 0 Å².